The van der Waals surface area contributed by atoms with Gasteiger partial charge < -0.3 is 4.90 Å². The Morgan fingerprint density at radius 2 is 2.10 bits per heavy atom. The number of fused-ring (bicyclic) bond motifs is 1. The first-order valence-electron chi connectivity index (χ1n) is 7.30. The Kier molecular flexibility index (Phi) is 3.28. The zero-order chi connectivity index (χ0) is 15.0. The molecule has 0 aromatic heterocycles. The van der Waals surface area contributed by atoms with Crippen LogP contribution in [0.3, 0.4) is 0 Å². The average molecular weight is 280 g/mol. The summed E-state index contributed by atoms with van der Waals surface area (Å²) in [5.74, 6) is 0.187. The van der Waals surface area contributed by atoms with E-state index in [0.29, 0.717) is 13.0 Å². The lowest BCUT2D eigenvalue weighted by atomic mass is 9.75. The fourth-order valence-corrected chi connectivity index (χ4v) is 3.11. The Morgan fingerprint density at radius 3 is 2.86 bits per heavy atom. The second-order valence-electron chi connectivity index (χ2n) is 6.45. The van der Waals surface area contributed by atoms with E-state index >= 15 is 0 Å². The van der Waals surface area contributed by atoms with E-state index < -0.39 is 0 Å². The Hall–Kier alpha value is -2.16. The van der Waals surface area contributed by atoms with E-state index in [9.17, 15) is 4.79 Å². The molecule has 0 amide bonds. The number of hydrogen-bond acceptors (Lipinski definition) is 3. The van der Waals surface area contributed by atoms with Crippen LogP contribution in [-0.4, -0.2) is 18.5 Å². The molecule has 3 nitrogen and oxygen atoms in total. The van der Waals surface area contributed by atoms with Crippen molar-refractivity contribution in [1.82, 2.24) is 0 Å². The van der Waals surface area contributed by atoms with Gasteiger partial charge in [0.1, 0.15) is 0 Å². The zero-order valence-corrected chi connectivity index (χ0v) is 12.6. The van der Waals surface area contributed by atoms with Crippen molar-refractivity contribution in [2.45, 2.75) is 26.7 Å². The maximum Gasteiger partial charge on any atom is 0.166 e. The lowest BCUT2D eigenvalue weighted by Crippen LogP contribution is -2.34. The second kappa shape index (κ2) is 4.99. The molecule has 0 saturated carbocycles. The van der Waals surface area contributed by atoms with Crippen molar-refractivity contribution < 1.29 is 4.79 Å². The van der Waals surface area contributed by atoms with E-state index in [4.69, 9.17) is 0 Å². The molecule has 0 bridgehead atoms. The standard InChI is InChI=1S/C18H20N2O/c1-4-9-20-15-8-6-5-7-14(15)19-12-13-16(20)10-18(2,3)11-17(13)21/h4-8,12H,1,9-11H2,2-3H3. The van der Waals surface area contributed by atoms with Crippen molar-refractivity contribution in [2.24, 2.45) is 10.4 Å². The van der Waals surface area contributed by atoms with Gasteiger partial charge in [0, 0.05) is 24.9 Å². The van der Waals surface area contributed by atoms with Crippen LogP contribution in [-0.2, 0) is 4.79 Å². The Morgan fingerprint density at radius 1 is 1.33 bits per heavy atom. The van der Waals surface area contributed by atoms with Crippen molar-refractivity contribution in [2.75, 3.05) is 11.4 Å². The lowest BCUT2D eigenvalue weighted by molar-refractivity contribution is -0.117. The quantitative estimate of drug-likeness (QED) is 0.766. The fourth-order valence-electron chi connectivity index (χ4n) is 3.11. The van der Waals surface area contributed by atoms with E-state index in [0.717, 1.165) is 29.1 Å². The number of benzene rings is 1. The number of aliphatic imine (C=N–C) groups is 1. The van der Waals surface area contributed by atoms with Gasteiger partial charge in [-0.3, -0.25) is 9.79 Å². The van der Waals surface area contributed by atoms with Crippen molar-refractivity contribution in [3.05, 3.63) is 48.2 Å². The molecule has 21 heavy (non-hydrogen) atoms. The highest BCUT2D eigenvalue weighted by atomic mass is 16.1. The average Bonchev–Trinajstić information content (AvgIpc) is 2.57. The third-order valence-corrected chi connectivity index (χ3v) is 4.04. The van der Waals surface area contributed by atoms with E-state index in [2.05, 4.69) is 36.4 Å². The normalized spacial score (nSPS) is 19.9. The summed E-state index contributed by atoms with van der Waals surface area (Å²) in [6.45, 7) is 8.84. The molecule has 1 aliphatic heterocycles. The first-order chi connectivity index (χ1) is 10.0. The number of carbonyl (C=O) groups is 1. The fraction of sp³-hybridized carbons (Fsp3) is 0.333. The summed E-state index contributed by atoms with van der Waals surface area (Å²) in [5, 5.41) is 0. The van der Waals surface area contributed by atoms with Gasteiger partial charge in [-0.15, -0.1) is 6.58 Å². The molecule has 0 atom stereocenters. The van der Waals surface area contributed by atoms with Crippen LogP contribution in [0.2, 0.25) is 0 Å². The van der Waals surface area contributed by atoms with Gasteiger partial charge in [0.25, 0.3) is 0 Å². The van der Waals surface area contributed by atoms with Gasteiger partial charge in [-0.1, -0.05) is 32.1 Å². The van der Waals surface area contributed by atoms with Crippen molar-refractivity contribution >= 4 is 23.4 Å². The number of para-hydroxylation sites is 2. The highest BCUT2D eigenvalue weighted by Gasteiger charge is 2.35. The van der Waals surface area contributed by atoms with Crippen molar-refractivity contribution in [3.8, 4) is 0 Å². The highest BCUT2D eigenvalue weighted by molar-refractivity contribution is 6.16. The number of rotatable bonds is 2. The molecular formula is C18H20N2O. The van der Waals surface area contributed by atoms with Crippen LogP contribution in [0.25, 0.3) is 0 Å². The van der Waals surface area contributed by atoms with Gasteiger partial charge in [-0.2, -0.15) is 0 Å². The topological polar surface area (TPSA) is 32.7 Å². The third-order valence-electron chi connectivity index (χ3n) is 4.04. The minimum atomic E-state index is -0.0114. The Bertz CT molecular complexity index is 668. The summed E-state index contributed by atoms with van der Waals surface area (Å²) in [4.78, 5) is 19.2. The summed E-state index contributed by atoms with van der Waals surface area (Å²) < 4.78 is 0. The largest absolute Gasteiger partial charge is 0.339 e. The van der Waals surface area contributed by atoms with Gasteiger partial charge in [-0.25, -0.2) is 0 Å². The van der Waals surface area contributed by atoms with E-state index in [1.807, 2.05) is 24.3 Å². The van der Waals surface area contributed by atoms with Crippen LogP contribution < -0.4 is 4.90 Å². The van der Waals surface area contributed by atoms with Crippen LogP contribution in [0.5, 0.6) is 0 Å². The number of ketones is 1. The van der Waals surface area contributed by atoms with Crippen LogP contribution in [0.15, 0.2) is 53.2 Å². The molecule has 0 unspecified atom stereocenters. The summed E-state index contributed by atoms with van der Waals surface area (Å²) in [6, 6.07) is 8.01. The maximum absolute atomic E-state index is 12.5. The number of anilines is 1. The van der Waals surface area contributed by atoms with Crippen molar-refractivity contribution in [3.63, 3.8) is 0 Å². The maximum atomic E-state index is 12.5. The Labute approximate surface area is 125 Å². The van der Waals surface area contributed by atoms with Gasteiger partial charge >= 0.3 is 0 Å². The first kappa shape index (κ1) is 13.8. The van der Waals surface area contributed by atoms with Crippen LogP contribution >= 0.6 is 0 Å². The van der Waals surface area contributed by atoms with Crippen molar-refractivity contribution in [1.29, 1.82) is 0 Å². The predicted molar refractivity (Wildman–Crippen MR) is 87.2 cm³/mol. The molecule has 2 aliphatic rings. The molecule has 1 aliphatic carbocycles. The summed E-state index contributed by atoms with van der Waals surface area (Å²) in [6.07, 6.45) is 5.08. The lowest BCUT2D eigenvalue weighted by Gasteiger charge is -2.36. The van der Waals surface area contributed by atoms with Crippen LogP contribution in [0.4, 0.5) is 11.4 Å². The van der Waals surface area contributed by atoms with Gasteiger partial charge in [0.2, 0.25) is 0 Å². The van der Waals surface area contributed by atoms with Gasteiger partial charge in [-0.05, 0) is 24.0 Å². The summed E-state index contributed by atoms with van der Waals surface area (Å²) in [5.41, 5.74) is 3.77. The number of carbonyl (C=O) groups excluding carboxylic acids is 1. The molecule has 0 N–H and O–H groups in total. The first-order valence-corrected chi connectivity index (χ1v) is 7.30. The summed E-state index contributed by atoms with van der Waals surface area (Å²) in [7, 11) is 0. The van der Waals surface area contributed by atoms with E-state index in [1.165, 1.54) is 0 Å². The number of allylic oxidation sites excluding steroid dienone is 2. The molecule has 108 valence electrons. The number of nitrogens with zero attached hydrogens (tertiary/aromatic N) is 2. The minimum absolute atomic E-state index is 0.0114. The molecular weight excluding hydrogens is 260 g/mol. The predicted octanol–water partition coefficient (Wildman–Crippen LogP) is 4.04. The second-order valence-corrected chi connectivity index (χ2v) is 6.45. The van der Waals surface area contributed by atoms with Gasteiger partial charge in [0.15, 0.2) is 5.78 Å². The monoisotopic (exact) mass is 280 g/mol. The summed E-state index contributed by atoms with van der Waals surface area (Å²) >= 11 is 0. The van der Waals surface area contributed by atoms with Gasteiger partial charge in [0.05, 0.1) is 16.9 Å². The molecule has 0 fully saturated rings. The van der Waals surface area contributed by atoms with E-state index in [-0.39, 0.29) is 11.2 Å². The molecule has 1 heterocycles. The van der Waals surface area contributed by atoms with Crippen LogP contribution in [0, 0.1) is 5.41 Å². The molecule has 0 radical (unpaired) electrons. The molecule has 1 aromatic carbocycles. The smallest absolute Gasteiger partial charge is 0.166 e. The molecule has 0 saturated heterocycles. The van der Waals surface area contributed by atoms with Crippen LogP contribution in [0.1, 0.15) is 26.7 Å². The SMILES string of the molecule is C=CCN1C2=C(C=Nc3ccccc31)C(=O)CC(C)(C)C2. The molecule has 3 rings (SSSR count). The van der Waals surface area contributed by atoms with E-state index in [1.54, 1.807) is 6.21 Å². The Balaban J connectivity index is 2.18. The number of Topliss-reactive ketones (excluding diaryl/α,β-unsaturated/α-hetero) is 1. The molecule has 3 heteroatoms. The number of hydrogen-bond donors (Lipinski definition) is 0. The third kappa shape index (κ3) is 2.44. The molecule has 0 spiro atoms. The minimum Gasteiger partial charge on any atom is -0.339 e. The zero-order valence-electron chi connectivity index (χ0n) is 12.6. The highest BCUT2D eigenvalue weighted by Crippen LogP contribution is 2.42. The molecule has 1 aromatic rings.